The maximum atomic E-state index is 10.7. The monoisotopic (exact) mass is 268 g/mol. The van der Waals surface area contributed by atoms with Crippen LogP contribution in [0.4, 0.5) is 5.69 Å². The summed E-state index contributed by atoms with van der Waals surface area (Å²) in [7, 11) is 1.77. The molecule has 0 atom stereocenters. The highest BCUT2D eigenvalue weighted by Crippen LogP contribution is 2.25. The van der Waals surface area contributed by atoms with Crippen molar-refractivity contribution in [2.75, 3.05) is 26.7 Å². The van der Waals surface area contributed by atoms with Gasteiger partial charge in [-0.1, -0.05) is 12.1 Å². The lowest BCUT2D eigenvalue weighted by Crippen LogP contribution is -2.26. The van der Waals surface area contributed by atoms with Gasteiger partial charge in [0.1, 0.15) is 6.61 Å². The first-order valence-electron chi connectivity index (χ1n) is 5.77. The maximum Gasteiger partial charge on any atom is 0.310 e. The molecule has 0 saturated carbocycles. The number of nitro benzene ring substituents is 1. The highest BCUT2D eigenvalue weighted by molar-refractivity contribution is 5.66. The predicted molar refractivity (Wildman–Crippen MR) is 68.3 cm³/mol. The van der Waals surface area contributed by atoms with E-state index in [1.165, 1.54) is 12.1 Å². The van der Waals surface area contributed by atoms with E-state index in [1.807, 2.05) is 0 Å². The molecule has 1 aromatic carbocycles. The molecule has 1 N–H and O–H groups in total. The van der Waals surface area contributed by atoms with Crippen molar-refractivity contribution in [2.24, 2.45) is 0 Å². The standard InChI is InChI=1S/C12H16N2O5/c1-13(7-6-12(15)16)8-9-19-11-5-3-2-4-10(11)14(17)18/h2-5H,6-9H2,1H3,(H,15,16). The van der Waals surface area contributed by atoms with Crippen LogP contribution in [-0.4, -0.2) is 47.6 Å². The molecule has 0 saturated heterocycles. The molecule has 0 bridgehead atoms. The Labute approximate surface area is 110 Å². The van der Waals surface area contributed by atoms with Gasteiger partial charge < -0.3 is 14.7 Å². The molecule has 0 fully saturated rings. The van der Waals surface area contributed by atoms with Crippen molar-refractivity contribution < 1.29 is 19.6 Å². The Morgan fingerprint density at radius 2 is 2.11 bits per heavy atom. The number of rotatable bonds is 8. The fourth-order valence-electron chi connectivity index (χ4n) is 1.44. The smallest absolute Gasteiger partial charge is 0.310 e. The largest absolute Gasteiger partial charge is 0.485 e. The Morgan fingerprint density at radius 3 is 2.74 bits per heavy atom. The highest BCUT2D eigenvalue weighted by Gasteiger charge is 2.13. The number of nitro groups is 1. The number of carboxylic acid groups (broad SMARTS) is 1. The van der Waals surface area contributed by atoms with Crippen molar-refractivity contribution in [2.45, 2.75) is 6.42 Å². The van der Waals surface area contributed by atoms with Crippen molar-refractivity contribution in [3.63, 3.8) is 0 Å². The normalized spacial score (nSPS) is 10.4. The number of ether oxygens (including phenoxy) is 1. The van der Waals surface area contributed by atoms with Gasteiger partial charge in [0.15, 0.2) is 5.75 Å². The van der Waals surface area contributed by atoms with Gasteiger partial charge in [-0.25, -0.2) is 0 Å². The minimum atomic E-state index is -0.855. The van der Waals surface area contributed by atoms with Crippen LogP contribution in [0.2, 0.25) is 0 Å². The van der Waals surface area contributed by atoms with Crippen LogP contribution < -0.4 is 4.74 Å². The Hall–Kier alpha value is -2.15. The Morgan fingerprint density at radius 1 is 1.42 bits per heavy atom. The molecular formula is C12H16N2O5. The molecule has 7 heteroatoms. The lowest BCUT2D eigenvalue weighted by Gasteiger charge is -2.15. The first-order chi connectivity index (χ1) is 9.00. The number of benzene rings is 1. The van der Waals surface area contributed by atoms with E-state index in [1.54, 1.807) is 24.1 Å². The van der Waals surface area contributed by atoms with E-state index in [2.05, 4.69) is 0 Å². The summed E-state index contributed by atoms with van der Waals surface area (Å²) in [6.45, 7) is 1.18. The second kappa shape index (κ2) is 7.32. The van der Waals surface area contributed by atoms with Crippen LogP contribution in [0.3, 0.4) is 0 Å². The van der Waals surface area contributed by atoms with Crippen LogP contribution in [0.25, 0.3) is 0 Å². The molecule has 0 spiro atoms. The summed E-state index contributed by atoms with van der Waals surface area (Å²) >= 11 is 0. The Bertz CT molecular complexity index is 450. The minimum Gasteiger partial charge on any atom is -0.485 e. The third-order valence-corrected chi connectivity index (χ3v) is 2.50. The summed E-state index contributed by atoms with van der Waals surface area (Å²) in [4.78, 5) is 22.4. The van der Waals surface area contributed by atoms with Crippen LogP contribution in [0.5, 0.6) is 5.75 Å². The summed E-state index contributed by atoms with van der Waals surface area (Å²) in [6, 6.07) is 6.15. The second-order valence-electron chi connectivity index (χ2n) is 4.02. The summed E-state index contributed by atoms with van der Waals surface area (Å²) in [5.41, 5.74) is -0.0734. The molecule has 0 aliphatic rings. The zero-order valence-corrected chi connectivity index (χ0v) is 10.6. The molecular weight excluding hydrogens is 252 g/mol. The molecule has 104 valence electrons. The average Bonchev–Trinajstić information content (AvgIpc) is 2.36. The van der Waals surface area contributed by atoms with Gasteiger partial charge in [-0.3, -0.25) is 14.9 Å². The van der Waals surface area contributed by atoms with Crippen molar-refractivity contribution in [1.29, 1.82) is 0 Å². The summed E-state index contributed by atoms with van der Waals surface area (Å²) in [5, 5.41) is 19.3. The van der Waals surface area contributed by atoms with Gasteiger partial charge in [-0.05, 0) is 13.1 Å². The third kappa shape index (κ3) is 5.35. The fourth-order valence-corrected chi connectivity index (χ4v) is 1.44. The van der Waals surface area contributed by atoms with Crippen molar-refractivity contribution in [3.8, 4) is 5.75 Å². The van der Waals surface area contributed by atoms with E-state index in [-0.39, 0.29) is 24.5 Å². The van der Waals surface area contributed by atoms with Crippen LogP contribution >= 0.6 is 0 Å². The zero-order chi connectivity index (χ0) is 14.3. The maximum absolute atomic E-state index is 10.7. The van der Waals surface area contributed by atoms with Crippen molar-refractivity contribution in [1.82, 2.24) is 4.90 Å². The number of hydrogen-bond acceptors (Lipinski definition) is 5. The van der Waals surface area contributed by atoms with E-state index in [9.17, 15) is 14.9 Å². The van der Waals surface area contributed by atoms with Crippen LogP contribution in [0.1, 0.15) is 6.42 Å². The zero-order valence-electron chi connectivity index (χ0n) is 10.6. The first kappa shape index (κ1) is 14.9. The minimum absolute atomic E-state index is 0.0575. The first-order valence-corrected chi connectivity index (χ1v) is 5.77. The van der Waals surface area contributed by atoms with Gasteiger partial charge in [0.05, 0.1) is 11.3 Å². The van der Waals surface area contributed by atoms with Gasteiger partial charge in [-0.2, -0.15) is 0 Å². The Kier molecular flexibility index (Phi) is 5.74. The number of para-hydroxylation sites is 2. The third-order valence-electron chi connectivity index (χ3n) is 2.50. The van der Waals surface area contributed by atoms with Crippen molar-refractivity contribution >= 4 is 11.7 Å². The van der Waals surface area contributed by atoms with Gasteiger partial charge in [0.2, 0.25) is 0 Å². The molecule has 1 aromatic rings. The summed E-state index contributed by atoms with van der Waals surface area (Å²) in [5.74, 6) is -0.634. The van der Waals surface area contributed by atoms with Crippen LogP contribution in [0.15, 0.2) is 24.3 Å². The molecule has 0 aliphatic heterocycles. The van der Waals surface area contributed by atoms with Gasteiger partial charge in [0, 0.05) is 19.2 Å². The number of hydrogen-bond donors (Lipinski definition) is 1. The van der Waals surface area contributed by atoms with Crippen LogP contribution in [-0.2, 0) is 4.79 Å². The number of likely N-dealkylation sites (N-methyl/N-ethyl adjacent to an activating group) is 1. The van der Waals surface area contributed by atoms with Gasteiger partial charge in [0.25, 0.3) is 0 Å². The van der Waals surface area contributed by atoms with Gasteiger partial charge in [-0.15, -0.1) is 0 Å². The number of carboxylic acids is 1. The average molecular weight is 268 g/mol. The van der Waals surface area contributed by atoms with E-state index in [0.717, 1.165) is 0 Å². The summed E-state index contributed by atoms with van der Waals surface area (Å²) < 4.78 is 5.35. The molecule has 0 radical (unpaired) electrons. The Balaban J connectivity index is 2.41. The topological polar surface area (TPSA) is 92.9 Å². The van der Waals surface area contributed by atoms with Crippen molar-refractivity contribution in [3.05, 3.63) is 34.4 Å². The lowest BCUT2D eigenvalue weighted by molar-refractivity contribution is -0.385. The lowest BCUT2D eigenvalue weighted by atomic mass is 10.3. The van der Waals surface area contributed by atoms with E-state index in [0.29, 0.717) is 13.1 Å². The molecule has 1 rings (SSSR count). The molecule has 0 amide bonds. The highest BCUT2D eigenvalue weighted by atomic mass is 16.6. The summed E-state index contributed by atoms with van der Waals surface area (Å²) in [6.07, 6.45) is 0.0575. The predicted octanol–water partition coefficient (Wildman–Crippen LogP) is 1.38. The molecule has 0 heterocycles. The van der Waals surface area contributed by atoms with Crippen LogP contribution in [0, 0.1) is 10.1 Å². The fraction of sp³-hybridized carbons (Fsp3) is 0.417. The quantitative estimate of drug-likeness (QED) is 0.565. The van der Waals surface area contributed by atoms with E-state index >= 15 is 0 Å². The molecule has 0 aromatic heterocycles. The molecule has 0 aliphatic carbocycles. The number of carbonyl (C=O) groups is 1. The number of nitrogens with zero attached hydrogens (tertiary/aromatic N) is 2. The molecule has 19 heavy (non-hydrogen) atoms. The van der Waals surface area contributed by atoms with Gasteiger partial charge >= 0.3 is 11.7 Å². The molecule has 0 unspecified atom stereocenters. The molecule has 7 nitrogen and oxygen atoms in total. The second-order valence-corrected chi connectivity index (χ2v) is 4.02. The number of aliphatic carboxylic acids is 1. The van der Waals surface area contributed by atoms with E-state index in [4.69, 9.17) is 9.84 Å². The SMILES string of the molecule is CN(CCOc1ccccc1[N+](=O)[O-])CCC(=O)O. The van der Waals surface area contributed by atoms with E-state index < -0.39 is 10.9 Å².